The van der Waals surface area contributed by atoms with Crippen LogP contribution in [-0.4, -0.2) is 24.6 Å². The van der Waals surface area contributed by atoms with E-state index in [0.717, 1.165) is 10.9 Å². The number of sulfone groups is 1. The fourth-order valence-electron chi connectivity index (χ4n) is 2.07. The average molecular weight is 334 g/mol. The predicted molar refractivity (Wildman–Crippen MR) is 87.4 cm³/mol. The lowest BCUT2D eigenvalue weighted by Crippen LogP contribution is -1.99. The van der Waals surface area contributed by atoms with E-state index < -0.39 is 9.84 Å². The minimum Gasteiger partial charge on any atom is -0.340 e. The molecule has 112 valence electrons. The Morgan fingerprint density at radius 1 is 1.00 bits per heavy atom. The number of benzene rings is 2. The van der Waals surface area contributed by atoms with Crippen molar-refractivity contribution in [3.05, 3.63) is 53.8 Å². The summed E-state index contributed by atoms with van der Waals surface area (Å²) in [6, 6.07) is 13.9. The van der Waals surface area contributed by atoms with Gasteiger partial charge in [0.05, 0.1) is 10.4 Å². The molecule has 5 nitrogen and oxygen atoms in total. The molecule has 0 fully saturated rings. The van der Waals surface area contributed by atoms with Crippen LogP contribution in [0.2, 0.25) is 5.28 Å². The Hall–Kier alpha value is -2.18. The molecule has 0 radical (unpaired) electrons. The lowest BCUT2D eigenvalue weighted by atomic mass is 10.2. The van der Waals surface area contributed by atoms with Crippen molar-refractivity contribution in [2.24, 2.45) is 0 Å². The van der Waals surface area contributed by atoms with Crippen LogP contribution in [0.3, 0.4) is 0 Å². The van der Waals surface area contributed by atoms with Gasteiger partial charge in [-0.3, -0.25) is 0 Å². The van der Waals surface area contributed by atoms with Gasteiger partial charge in [-0.2, -0.15) is 4.98 Å². The standard InChI is InChI=1S/C15H12ClN3O2S/c1-22(20,21)11-8-6-10(7-9-11)17-14-12-4-2-3-5-13(12)18-15(16)19-14/h2-9H,1H3,(H,17,18,19). The van der Waals surface area contributed by atoms with Gasteiger partial charge in [0.25, 0.3) is 0 Å². The van der Waals surface area contributed by atoms with E-state index >= 15 is 0 Å². The van der Waals surface area contributed by atoms with Crippen molar-refractivity contribution in [3.8, 4) is 0 Å². The van der Waals surface area contributed by atoms with E-state index in [1.807, 2.05) is 24.3 Å². The maximum atomic E-state index is 11.5. The number of rotatable bonds is 3. The van der Waals surface area contributed by atoms with Gasteiger partial charge in [0.1, 0.15) is 5.82 Å². The van der Waals surface area contributed by atoms with Crippen molar-refractivity contribution in [1.82, 2.24) is 9.97 Å². The highest BCUT2D eigenvalue weighted by Crippen LogP contribution is 2.25. The summed E-state index contributed by atoms with van der Waals surface area (Å²) in [6.45, 7) is 0. The van der Waals surface area contributed by atoms with Gasteiger partial charge in [0, 0.05) is 17.3 Å². The van der Waals surface area contributed by atoms with Crippen LogP contribution in [0.25, 0.3) is 10.9 Å². The molecule has 1 N–H and O–H groups in total. The molecule has 0 saturated carbocycles. The lowest BCUT2D eigenvalue weighted by Gasteiger charge is -2.09. The molecule has 0 unspecified atom stereocenters. The number of aromatic nitrogens is 2. The zero-order chi connectivity index (χ0) is 15.7. The fraction of sp³-hybridized carbons (Fsp3) is 0.0667. The van der Waals surface area contributed by atoms with E-state index in [1.165, 1.54) is 6.26 Å². The van der Waals surface area contributed by atoms with Gasteiger partial charge in [-0.15, -0.1) is 0 Å². The molecule has 0 amide bonds. The Kier molecular flexibility index (Phi) is 3.72. The summed E-state index contributed by atoms with van der Waals surface area (Å²) < 4.78 is 22.9. The molecule has 2 aromatic carbocycles. The molecular formula is C15H12ClN3O2S. The molecule has 0 aliphatic heterocycles. The first-order valence-corrected chi connectivity index (χ1v) is 8.70. The molecule has 0 saturated heterocycles. The third-order valence-electron chi connectivity index (χ3n) is 3.12. The molecular weight excluding hydrogens is 322 g/mol. The van der Waals surface area contributed by atoms with Gasteiger partial charge < -0.3 is 5.32 Å². The molecule has 3 aromatic rings. The maximum Gasteiger partial charge on any atom is 0.224 e. The van der Waals surface area contributed by atoms with Gasteiger partial charge in [-0.05, 0) is 48.0 Å². The first kappa shape index (κ1) is 14.7. The third kappa shape index (κ3) is 3.03. The Morgan fingerprint density at radius 2 is 1.68 bits per heavy atom. The van der Waals surface area contributed by atoms with E-state index in [9.17, 15) is 8.42 Å². The minimum absolute atomic E-state index is 0.147. The zero-order valence-corrected chi connectivity index (χ0v) is 13.2. The Bertz CT molecular complexity index is 941. The molecule has 22 heavy (non-hydrogen) atoms. The highest BCUT2D eigenvalue weighted by molar-refractivity contribution is 7.90. The van der Waals surface area contributed by atoms with Crippen molar-refractivity contribution < 1.29 is 8.42 Å². The van der Waals surface area contributed by atoms with Gasteiger partial charge >= 0.3 is 0 Å². The maximum absolute atomic E-state index is 11.5. The van der Waals surface area contributed by atoms with Gasteiger partial charge in [0.2, 0.25) is 5.28 Å². The normalized spacial score (nSPS) is 11.5. The van der Waals surface area contributed by atoms with E-state index in [4.69, 9.17) is 11.6 Å². The highest BCUT2D eigenvalue weighted by atomic mass is 35.5. The first-order chi connectivity index (χ1) is 10.4. The SMILES string of the molecule is CS(=O)(=O)c1ccc(Nc2nc(Cl)nc3ccccc23)cc1. The van der Waals surface area contributed by atoms with Crippen molar-refractivity contribution in [1.29, 1.82) is 0 Å². The highest BCUT2D eigenvalue weighted by Gasteiger charge is 2.09. The minimum atomic E-state index is -3.21. The number of nitrogens with one attached hydrogen (secondary N) is 1. The fourth-order valence-corrected chi connectivity index (χ4v) is 2.87. The molecule has 0 atom stereocenters. The second kappa shape index (κ2) is 5.55. The van der Waals surface area contributed by atoms with Crippen LogP contribution < -0.4 is 5.32 Å². The molecule has 0 aliphatic carbocycles. The van der Waals surface area contributed by atoms with Gasteiger partial charge in [0.15, 0.2) is 9.84 Å². The van der Waals surface area contributed by atoms with Crippen molar-refractivity contribution in [2.75, 3.05) is 11.6 Å². The quantitative estimate of drug-likeness (QED) is 0.743. The Labute approximate surface area is 132 Å². The van der Waals surface area contributed by atoms with E-state index in [0.29, 0.717) is 11.5 Å². The molecule has 3 rings (SSSR count). The number of para-hydroxylation sites is 1. The summed E-state index contributed by atoms with van der Waals surface area (Å²) >= 11 is 5.93. The van der Waals surface area contributed by atoms with Crippen LogP contribution in [0.1, 0.15) is 0 Å². The van der Waals surface area contributed by atoms with Gasteiger partial charge in [-0.25, -0.2) is 13.4 Å². The molecule has 1 heterocycles. The molecule has 0 bridgehead atoms. The summed E-state index contributed by atoms with van der Waals surface area (Å²) in [6.07, 6.45) is 1.17. The number of nitrogens with zero attached hydrogens (tertiary/aromatic N) is 2. The number of hydrogen-bond acceptors (Lipinski definition) is 5. The molecule has 7 heteroatoms. The van der Waals surface area contributed by atoms with Gasteiger partial charge in [-0.1, -0.05) is 12.1 Å². The molecule has 1 aromatic heterocycles. The summed E-state index contributed by atoms with van der Waals surface area (Å²) in [7, 11) is -3.21. The average Bonchev–Trinajstić information content (AvgIpc) is 2.46. The largest absolute Gasteiger partial charge is 0.340 e. The molecule has 0 spiro atoms. The summed E-state index contributed by atoms with van der Waals surface area (Å²) in [5.41, 5.74) is 1.45. The second-order valence-electron chi connectivity index (χ2n) is 4.78. The number of hydrogen-bond donors (Lipinski definition) is 1. The number of halogens is 1. The smallest absolute Gasteiger partial charge is 0.224 e. The van der Waals surface area contributed by atoms with Crippen molar-refractivity contribution >= 4 is 43.8 Å². The summed E-state index contributed by atoms with van der Waals surface area (Å²) in [4.78, 5) is 8.62. The summed E-state index contributed by atoms with van der Waals surface area (Å²) in [5.74, 6) is 0.572. The van der Waals surface area contributed by atoms with Crippen LogP contribution in [0.15, 0.2) is 53.4 Å². The van der Waals surface area contributed by atoms with Crippen LogP contribution >= 0.6 is 11.6 Å². The predicted octanol–water partition coefficient (Wildman–Crippen LogP) is 3.43. The van der Waals surface area contributed by atoms with Crippen LogP contribution in [0.4, 0.5) is 11.5 Å². The zero-order valence-electron chi connectivity index (χ0n) is 11.6. The van der Waals surface area contributed by atoms with Crippen molar-refractivity contribution in [2.45, 2.75) is 4.90 Å². The molecule has 0 aliphatic rings. The third-order valence-corrected chi connectivity index (χ3v) is 4.42. The van der Waals surface area contributed by atoms with E-state index in [2.05, 4.69) is 15.3 Å². The lowest BCUT2D eigenvalue weighted by molar-refractivity contribution is 0.602. The Morgan fingerprint density at radius 3 is 2.36 bits per heavy atom. The monoisotopic (exact) mass is 333 g/mol. The second-order valence-corrected chi connectivity index (χ2v) is 7.13. The van der Waals surface area contributed by atoms with Crippen LogP contribution in [-0.2, 0) is 9.84 Å². The Balaban J connectivity index is 2.00. The van der Waals surface area contributed by atoms with Crippen molar-refractivity contribution in [3.63, 3.8) is 0 Å². The summed E-state index contributed by atoms with van der Waals surface area (Å²) in [5, 5.41) is 4.12. The van der Waals surface area contributed by atoms with Crippen LogP contribution in [0.5, 0.6) is 0 Å². The van der Waals surface area contributed by atoms with Crippen LogP contribution in [0, 0.1) is 0 Å². The topological polar surface area (TPSA) is 72.0 Å². The number of fused-ring (bicyclic) bond motifs is 1. The van der Waals surface area contributed by atoms with E-state index in [1.54, 1.807) is 24.3 Å². The van der Waals surface area contributed by atoms with E-state index in [-0.39, 0.29) is 10.2 Å². The number of anilines is 2. The first-order valence-electron chi connectivity index (χ1n) is 6.43.